The van der Waals surface area contributed by atoms with Crippen molar-refractivity contribution in [3.63, 3.8) is 0 Å². The van der Waals surface area contributed by atoms with E-state index in [1.165, 1.54) is 18.3 Å². The predicted molar refractivity (Wildman–Crippen MR) is 110 cm³/mol. The fraction of sp³-hybridized carbons (Fsp3) is 0.381. The molecule has 2 aromatic rings. The molecule has 2 aliphatic rings. The van der Waals surface area contributed by atoms with Crippen molar-refractivity contribution in [2.45, 2.75) is 31.5 Å². The van der Waals surface area contributed by atoms with Crippen LogP contribution in [0.3, 0.4) is 0 Å². The maximum atomic E-state index is 12.8. The summed E-state index contributed by atoms with van der Waals surface area (Å²) in [7, 11) is 0. The molecule has 1 aliphatic carbocycles. The normalized spacial score (nSPS) is 18.7. The minimum Gasteiger partial charge on any atom is -0.368 e. The second kappa shape index (κ2) is 8.37. The molecule has 2 heterocycles. The number of hydrogen-bond donors (Lipinski definition) is 2. The van der Waals surface area contributed by atoms with Gasteiger partial charge in [0.1, 0.15) is 5.82 Å². The first-order valence-electron chi connectivity index (χ1n) is 9.90. The zero-order chi connectivity index (χ0) is 22.2. The van der Waals surface area contributed by atoms with Crippen molar-refractivity contribution < 1.29 is 22.8 Å². The number of halogens is 4. The van der Waals surface area contributed by atoms with Crippen LogP contribution >= 0.6 is 11.6 Å². The summed E-state index contributed by atoms with van der Waals surface area (Å²) in [5.74, 6) is -0.0467. The molecule has 1 aromatic carbocycles. The molecular formula is C21H20ClF3N4O2. The molecule has 10 heteroatoms. The number of benzene rings is 1. The van der Waals surface area contributed by atoms with Crippen LogP contribution in [0.5, 0.6) is 0 Å². The standard InChI is InChI=1S/C21H20ClF3N4O2/c22-16-10-14(21(23,24)25)3-4-17(16)29-8-6-15(11-29)27-20(31)13-5-7-26-18(9-13)28-19(30)12-1-2-12/h3-5,7,9-10,12,15H,1-2,6,8,11H2,(H,27,31)(H,26,28,30)/t15-/m1/s1. The number of rotatable bonds is 5. The highest BCUT2D eigenvalue weighted by Gasteiger charge is 2.32. The average Bonchev–Trinajstić information content (AvgIpc) is 3.47. The Balaban J connectivity index is 1.37. The summed E-state index contributed by atoms with van der Waals surface area (Å²) in [4.78, 5) is 30.4. The van der Waals surface area contributed by atoms with Gasteiger partial charge in [-0.2, -0.15) is 13.2 Å². The van der Waals surface area contributed by atoms with Gasteiger partial charge in [-0.25, -0.2) is 4.98 Å². The van der Waals surface area contributed by atoms with Crippen LogP contribution < -0.4 is 15.5 Å². The monoisotopic (exact) mass is 452 g/mol. The molecule has 0 bridgehead atoms. The quantitative estimate of drug-likeness (QED) is 0.716. The lowest BCUT2D eigenvalue weighted by molar-refractivity contribution is -0.137. The van der Waals surface area contributed by atoms with Crippen molar-refractivity contribution in [3.8, 4) is 0 Å². The van der Waals surface area contributed by atoms with E-state index in [2.05, 4.69) is 15.6 Å². The Morgan fingerprint density at radius 1 is 1.13 bits per heavy atom. The second-order valence-corrected chi connectivity index (χ2v) is 8.17. The Morgan fingerprint density at radius 3 is 2.58 bits per heavy atom. The number of hydrogen-bond acceptors (Lipinski definition) is 4. The molecule has 2 amide bonds. The van der Waals surface area contributed by atoms with Gasteiger partial charge in [0.2, 0.25) is 5.91 Å². The van der Waals surface area contributed by atoms with Crippen LogP contribution in [-0.2, 0) is 11.0 Å². The van der Waals surface area contributed by atoms with E-state index in [4.69, 9.17) is 11.6 Å². The molecule has 164 valence electrons. The van der Waals surface area contributed by atoms with Gasteiger partial charge in [0.25, 0.3) is 5.91 Å². The number of anilines is 2. The summed E-state index contributed by atoms with van der Waals surface area (Å²) in [5.41, 5.74) is 0.0695. The SMILES string of the molecule is O=C(N[C@@H]1CCN(c2ccc(C(F)(F)F)cc2Cl)C1)c1ccnc(NC(=O)C2CC2)c1. The molecule has 0 spiro atoms. The average molecular weight is 453 g/mol. The van der Waals surface area contributed by atoms with Gasteiger partial charge in [-0.3, -0.25) is 9.59 Å². The molecule has 2 fully saturated rings. The molecule has 0 radical (unpaired) electrons. The van der Waals surface area contributed by atoms with E-state index in [-0.39, 0.29) is 28.8 Å². The molecule has 1 aromatic heterocycles. The van der Waals surface area contributed by atoms with Gasteiger partial charge in [0.05, 0.1) is 16.3 Å². The summed E-state index contributed by atoms with van der Waals surface area (Å²) in [6.07, 6.45) is -0.634. The third-order valence-corrected chi connectivity index (χ3v) is 5.66. The Morgan fingerprint density at radius 2 is 1.90 bits per heavy atom. The van der Waals surface area contributed by atoms with Crippen LogP contribution in [-0.4, -0.2) is 35.9 Å². The number of aromatic nitrogens is 1. The van der Waals surface area contributed by atoms with Crippen LogP contribution in [0, 0.1) is 5.92 Å². The number of carbonyl (C=O) groups is 2. The lowest BCUT2D eigenvalue weighted by Crippen LogP contribution is -2.37. The molecular weight excluding hydrogens is 433 g/mol. The molecule has 1 saturated heterocycles. The molecule has 4 rings (SSSR count). The maximum absolute atomic E-state index is 12.8. The van der Waals surface area contributed by atoms with Crippen LogP contribution in [0.25, 0.3) is 0 Å². The second-order valence-electron chi connectivity index (χ2n) is 7.76. The van der Waals surface area contributed by atoms with Crippen molar-refractivity contribution >= 4 is 34.9 Å². The van der Waals surface area contributed by atoms with E-state index in [1.807, 2.05) is 4.90 Å². The number of nitrogens with zero attached hydrogens (tertiary/aromatic N) is 2. The highest BCUT2D eigenvalue weighted by atomic mass is 35.5. The van der Waals surface area contributed by atoms with Crippen LogP contribution in [0.15, 0.2) is 36.5 Å². The molecule has 1 aliphatic heterocycles. The topological polar surface area (TPSA) is 74.3 Å². The molecule has 2 N–H and O–H groups in total. The summed E-state index contributed by atoms with van der Waals surface area (Å²) in [6.45, 7) is 0.974. The Labute approximate surface area is 181 Å². The van der Waals surface area contributed by atoms with Gasteiger partial charge < -0.3 is 15.5 Å². The van der Waals surface area contributed by atoms with E-state index in [0.29, 0.717) is 36.6 Å². The predicted octanol–water partition coefficient (Wildman–Crippen LogP) is 4.11. The minimum atomic E-state index is -4.45. The van der Waals surface area contributed by atoms with Gasteiger partial charge >= 0.3 is 6.18 Å². The van der Waals surface area contributed by atoms with Crippen LogP contribution in [0.2, 0.25) is 5.02 Å². The molecule has 6 nitrogen and oxygen atoms in total. The first-order chi connectivity index (χ1) is 14.7. The zero-order valence-corrected chi connectivity index (χ0v) is 17.1. The zero-order valence-electron chi connectivity index (χ0n) is 16.4. The number of carbonyl (C=O) groups excluding carboxylic acids is 2. The van der Waals surface area contributed by atoms with Crippen LogP contribution in [0.4, 0.5) is 24.7 Å². The van der Waals surface area contributed by atoms with Crippen molar-refractivity contribution in [1.29, 1.82) is 0 Å². The molecule has 1 saturated carbocycles. The Bertz CT molecular complexity index is 1010. The van der Waals surface area contributed by atoms with E-state index >= 15 is 0 Å². The smallest absolute Gasteiger partial charge is 0.368 e. The van der Waals surface area contributed by atoms with E-state index in [9.17, 15) is 22.8 Å². The van der Waals surface area contributed by atoms with Gasteiger partial charge in [-0.05, 0) is 49.6 Å². The number of alkyl halides is 3. The third kappa shape index (κ3) is 5.10. The lowest BCUT2D eigenvalue weighted by atomic mass is 10.2. The Kier molecular flexibility index (Phi) is 5.79. The summed E-state index contributed by atoms with van der Waals surface area (Å²) in [6, 6.07) is 6.16. The number of pyridine rings is 1. The highest BCUT2D eigenvalue weighted by Crippen LogP contribution is 2.36. The minimum absolute atomic E-state index is 0.0204. The van der Waals surface area contributed by atoms with Gasteiger partial charge in [0, 0.05) is 36.8 Å². The molecule has 1 atom stereocenters. The van der Waals surface area contributed by atoms with Gasteiger partial charge in [-0.15, -0.1) is 0 Å². The van der Waals surface area contributed by atoms with Crippen molar-refractivity contribution in [2.24, 2.45) is 5.92 Å². The molecule has 0 unspecified atom stereocenters. The highest BCUT2D eigenvalue weighted by molar-refractivity contribution is 6.33. The van der Waals surface area contributed by atoms with E-state index in [0.717, 1.165) is 25.0 Å². The summed E-state index contributed by atoms with van der Waals surface area (Å²) >= 11 is 6.08. The summed E-state index contributed by atoms with van der Waals surface area (Å²) < 4.78 is 38.5. The fourth-order valence-corrected chi connectivity index (χ4v) is 3.82. The first-order valence-corrected chi connectivity index (χ1v) is 10.3. The van der Waals surface area contributed by atoms with Gasteiger partial charge in [-0.1, -0.05) is 11.6 Å². The van der Waals surface area contributed by atoms with Gasteiger partial charge in [0.15, 0.2) is 0 Å². The third-order valence-electron chi connectivity index (χ3n) is 5.36. The van der Waals surface area contributed by atoms with Crippen LogP contribution in [0.1, 0.15) is 35.2 Å². The van der Waals surface area contributed by atoms with E-state index < -0.39 is 11.7 Å². The lowest BCUT2D eigenvalue weighted by Gasteiger charge is -2.21. The van der Waals surface area contributed by atoms with Crippen molar-refractivity contribution in [3.05, 3.63) is 52.7 Å². The molecule has 31 heavy (non-hydrogen) atoms. The number of amides is 2. The maximum Gasteiger partial charge on any atom is 0.416 e. The van der Waals surface area contributed by atoms with E-state index in [1.54, 1.807) is 6.07 Å². The summed E-state index contributed by atoms with van der Waals surface area (Å²) in [5, 5.41) is 5.65. The Hall–Kier alpha value is -2.81. The van der Waals surface area contributed by atoms with Crippen molar-refractivity contribution in [1.82, 2.24) is 10.3 Å². The first kappa shape index (κ1) is 21.4. The number of nitrogens with one attached hydrogen (secondary N) is 2. The van der Waals surface area contributed by atoms with Crippen molar-refractivity contribution in [2.75, 3.05) is 23.3 Å². The largest absolute Gasteiger partial charge is 0.416 e. The fourth-order valence-electron chi connectivity index (χ4n) is 3.52.